The highest BCUT2D eigenvalue weighted by atomic mass is 16.4. The van der Waals surface area contributed by atoms with E-state index in [4.69, 9.17) is 16.6 Å². The third kappa shape index (κ3) is 2.13. The molecule has 18 heavy (non-hydrogen) atoms. The molecule has 0 radical (unpaired) electrons. The van der Waals surface area contributed by atoms with Crippen molar-refractivity contribution >= 4 is 17.6 Å². The molecule has 2 aromatic rings. The number of anilines is 2. The van der Waals surface area contributed by atoms with Crippen molar-refractivity contribution in [1.29, 1.82) is 0 Å². The van der Waals surface area contributed by atoms with E-state index in [9.17, 15) is 4.79 Å². The van der Waals surface area contributed by atoms with Crippen LogP contribution in [0.2, 0.25) is 0 Å². The number of rotatable bonds is 3. The van der Waals surface area contributed by atoms with Crippen molar-refractivity contribution in [3.05, 3.63) is 35.4 Å². The van der Waals surface area contributed by atoms with E-state index in [0.29, 0.717) is 5.56 Å². The van der Waals surface area contributed by atoms with Gasteiger partial charge in [0, 0.05) is 5.56 Å². The maximum Gasteiger partial charge on any atom is 0.308 e. The normalized spacial score (nSPS) is 10.5. The van der Waals surface area contributed by atoms with Gasteiger partial charge in [0.05, 0.1) is 12.1 Å². The molecule has 0 atom stereocenters. The molecule has 0 amide bonds. The summed E-state index contributed by atoms with van der Waals surface area (Å²) in [6.45, 7) is 1.97. The van der Waals surface area contributed by atoms with E-state index in [1.165, 1.54) is 4.68 Å². The van der Waals surface area contributed by atoms with Gasteiger partial charge in [0.15, 0.2) is 5.82 Å². The number of benzene rings is 1. The molecule has 2 rings (SSSR count). The molecule has 0 saturated heterocycles. The van der Waals surface area contributed by atoms with E-state index in [1.54, 1.807) is 0 Å². The Balaban J connectivity index is 2.46. The molecule has 0 bridgehead atoms. The lowest BCUT2D eigenvalue weighted by molar-refractivity contribution is -0.136. The van der Waals surface area contributed by atoms with Crippen LogP contribution in [0.3, 0.4) is 0 Å². The first-order valence-corrected chi connectivity index (χ1v) is 5.40. The summed E-state index contributed by atoms with van der Waals surface area (Å²) in [6.07, 6.45) is -0.233. The highest BCUT2D eigenvalue weighted by molar-refractivity contribution is 5.75. The van der Waals surface area contributed by atoms with Crippen molar-refractivity contribution in [3.8, 4) is 5.69 Å². The van der Waals surface area contributed by atoms with E-state index in [-0.39, 0.29) is 18.1 Å². The number of carboxylic acid groups (broad SMARTS) is 1. The third-order valence-electron chi connectivity index (χ3n) is 2.66. The summed E-state index contributed by atoms with van der Waals surface area (Å²) in [5.74, 6) is -0.578. The van der Waals surface area contributed by atoms with Crippen LogP contribution < -0.4 is 11.5 Å². The lowest BCUT2D eigenvalue weighted by Crippen LogP contribution is -2.06. The van der Waals surface area contributed by atoms with Crippen LogP contribution in [-0.4, -0.2) is 20.9 Å². The number of nitrogens with two attached hydrogens (primary N) is 2. The van der Waals surface area contributed by atoms with Crippen LogP contribution in [0, 0.1) is 6.92 Å². The van der Waals surface area contributed by atoms with Crippen molar-refractivity contribution in [1.82, 2.24) is 9.78 Å². The highest BCUT2D eigenvalue weighted by Crippen LogP contribution is 2.23. The third-order valence-corrected chi connectivity index (χ3v) is 2.66. The zero-order valence-corrected chi connectivity index (χ0v) is 9.92. The largest absolute Gasteiger partial charge is 0.481 e. The number of nitrogens with zero attached hydrogens (tertiary/aromatic N) is 2. The molecule has 1 heterocycles. The Hall–Kier alpha value is -2.50. The van der Waals surface area contributed by atoms with E-state index in [0.717, 1.165) is 11.3 Å². The Bertz CT molecular complexity index is 587. The summed E-state index contributed by atoms with van der Waals surface area (Å²) in [6, 6.07) is 7.54. The summed E-state index contributed by atoms with van der Waals surface area (Å²) < 4.78 is 1.45. The Kier molecular flexibility index (Phi) is 2.93. The molecule has 0 saturated carbocycles. The van der Waals surface area contributed by atoms with Crippen LogP contribution in [0.25, 0.3) is 5.69 Å². The fraction of sp³-hybridized carbons (Fsp3) is 0.167. The van der Waals surface area contributed by atoms with Crippen LogP contribution in [0.4, 0.5) is 11.6 Å². The second-order valence-electron chi connectivity index (χ2n) is 4.07. The first-order valence-electron chi connectivity index (χ1n) is 5.40. The van der Waals surface area contributed by atoms with Crippen molar-refractivity contribution in [3.63, 3.8) is 0 Å². The molecule has 0 spiro atoms. The van der Waals surface area contributed by atoms with Gasteiger partial charge in [-0.05, 0) is 19.1 Å². The van der Waals surface area contributed by atoms with Gasteiger partial charge in [0.1, 0.15) is 5.82 Å². The van der Waals surface area contributed by atoms with Gasteiger partial charge in [-0.15, -0.1) is 5.10 Å². The van der Waals surface area contributed by atoms with E-state index >= 15 is 0 Å². The number of aromatic nitrogens is 2. The molecule has 6 heteroatoms. The van der Waals surface area contributed by atoms with Gasteiger partial charge < -0.3 is 16.6 Å². The number of hydrogen-bond acceptors (Lipinski definition) is 4. The van der Waals surface area contributed by atoms with Crippen molar-refractivity contribution in [2.24, 2.45) is 0 Å². The van der Waals surface area contributed by atoms with E-state index in [2.05, 4.69) is 5.10 Å². The molecule has 1 aromatic carbocycles. The van der Waals surface area contributed by atoms with Crippen LogP contribution in [0.15, 0.2) is 24.3 Å². The van der Waals surface area contributed by atoms with E-state index in [1.807, 2.05) is 31.2 Å². The molecule has 1 aromatic heterocycles. The molecule has 0 fully saturated rings. The van der Waals surface area contributed by atoms with Crippen molar-refractivity contribution in [2.75, 3.05) is 11.5 Å². The minimum atomic E-state index is -0.989. The van der Waals surface area contributed by atoms with Gasteiger partial charge in [-0.3, -0.25) is 4.79 Å². The molecule has 6 nitrogen and oxygen atoms in total. The van der Waals surface area contributed by atoms with Crippen LogP contribution in [0.1, 0.15) is 11.1 Å². The molecular weight excluding hydrogens is 232 g/mol. The number of hydrogen-bond donors (Lipinski definition) is 3. The van der Waals surface area contributed by atoms with Gasteiger partial charge >= 0.3 is 5.97 Å². The first-order chi connectivity index (χ1) is 8.49. The summed E-state index contributed by atoms with van der Waals surface area (Å²) in [4.78, 5) is 10.7. The lowest BCUT2D eigenvalue weighted by atomic mass is 10.2. The summed E-state index contributed by atoms with van der Waals surface area (Å²) in [5, 5.41) is 12.9. The van der Waals surface area contributed by atoms with Gasteiger partial charge in [0.2, 0.25) is 0 Å². The predicted octanol–water partition coefficient (Wildman–Crippen LogP) is 0.972. The van der Waals surface area contributed by atoms with Crippen LogP contribution in [-0.2, 0) is 11.2 Å². The molecule has 94 valence electrons. The zero-order valence-electron chi connectivity index (χ0n) is 9.92. The summed E-state index contributed by atoms with van der Waals surface area (Å²) >= 11 is 0. The first kappa shape index (κ1) is 12.0. The van der Waals surface area contributed by atoms with Gasteiger partial charge in [-0.1, -0.05) is 17.7 Å². The standard InChI is InChI=1S/C12H14N4O2/c1-7-2-4-8(5-3-7)16-12(14)9(6-10(17)18)11(13)15-16/h2-5H,6,14H2,1H3,(H2,13,15)(H,17,18). The molecule has 5 N–H and O–H groups in total. The van der Waals surface area contributed by atoms with Gasteiger partial charge in [-0.25, -0.2) is 4.68 Å². The maximum absolute atomic E-state index is 10.7. The summed E-state index contributed by atoms with van der Waals surface area (Å²) in [7, 11) is 0. The Morgan fingerprint density at radius 1 is 1.33 bits per heavy atom. The second-order valence-corrected chi connectivity index (χ2v) is 4.07. The maximum atomic E-state index is 10.7. The smallest absolute Gasteiger partial charge is 0.308 e. The molecule has 0 aliphatic carbocycles. The number of carboxylic acids is 1. The number of aliphatic carboxylic acids is 1. The molecule has 0 aliphatic heterocycles. The highest BCUT2D eigenvalue weighted by Gasteiger charge is 2.16. The monoisotopic (exact) mass is 246 g/mol. The van der Waals surface area contributed by atoms with Gasteiger partial charge in [-0.2, -0.15) is 0 Å². The van der Waals surface area contributed by atoms with E-state index < -0.39 is 5.97 Å². The average molecular weight is 246 g/mol. The number of carbonyl (C=O) groups is 1. The van der Waals surface area contributed by atoms with Crippen LogP contribution >= 0.6 is 0 Å². The second kappa shape index (κ2) is 4.40. The van der Waals surface area contributed by atoms with Crippen molar-refractivity contribution in [2.45, 2.75) is 13.3 Å². The van der Waals surface area contributed by atoms with Crippen molar-refractivity contribution < 1.29 is 9.90 Å². The Morgan fingerprint density at radius 2 is 1.94 bits per heavy atom. The van der Waals surface area contributed by atoms with Crippen LogP contribution in [0.5, 0.6) is 0 Å². The minimum absolute atomic E-state index is 0.149. The SMILES string of the molecule is Cc1ccc(-n2nc(N)c(CC(=O)O)c2N)cc1. The average Bonchev–Trinajstić information content (AvgIpc) is 2.58. The number of nitrogen functional groups attached to an aromatic ring is 2. The predicted molar refractivity (Wildman–Crippen MR) is 68.5 cm³/mol. The molecular formula is C12H14N4O2. The Labute approximate surface area is 104 Å². The minimum Gasteiger partial charge on any atom is -0.481 e. The topological polar surface area (TPSA) is 107 Å². The fourth-order valence-electron chi connectivity index (χ4n) is 1.70. The number of aryl methyl sites for hydroxylation is 1. The molecule has 0 unspecified atom stereocenters. The quantitative estimate of drug-likeness (QED) is 0.748. The Morgan fingerprint density at radius 3 is 2.50 bits per heavy atom. The summed E-state index contributed by atoms with van der Waals surface area (Å²) in [5.41, 5.74) is 13.8. The lowest BCUT2D eigenvalue weighted by Gasteiger charge is -2.04. The van der Waals surface area contributed by atoms with Gasteiger partial charge in [0.25, 0.3) is 0 Å². The zero-order chi connectivity index (χ0) is 13.3. The fourth-order valence-corrected chi connectivity index (χ4v) is 1.70. The molecule has 0 aliphatic rings.